The van der Waals surface area contributed by atoms with E-state index in [1.807, 2.05) is 50.4 Å². The maximum Gasteiger partial charge on any atom is 0.159 e. The number of rotatable bonds is 4. The largest absolute Gasteiger partial charge is 0.336 e. The van der Waals surface area contributed by atoms with Gasteiger partial charge in [-0.15, -0.1) is 0 Å². The molecule has 0 aliphatic heterocycles. The molecule has 0 unspecified atom stereocenters. The fourth-order valence-electron chi connectivity index (χ4n) is 3.40. The lowest BCUT2D eigenvalue weighted by atomic mass is 10.1. The Bertz CT molecular complexity index is 1370. The summed E-state index contributed by atoms with van der Waals surface area (Å²) in [6.07, 6.45) is 13.2. The van der Waals surface area contributed by atoms with Crippen LogP contribution in [0.2, 0.25) is 0 Å². The standard InChI is InChI=1S/C21H18N8/c1-3-5-12(4-2)18-20-15(6-7-22-18)26-21(27-20)19-14-8-16(13-9-24-25-10-13)23-11-17(14)28-29-19/h3-11H,1-2H3,(H,24,25)(H,26,27)(H,28,29)/b5-3-,12-4+. The summed E-state index contributed by atoms with van der Waals surface area (Å²) < 4.78 is 0. The van der Waals surface area contributed by atoms with Gasteiger partial charge in [0.2, 0.25) is 0 Å². The zero-order valence-corrected chi connectivity index (χ0v) is 15.9. The molecular weight excluding hydrogens is 364 g/mol. The predicted molar refractivity (Wildman–Crippen MR) is 113 cm³/mol. The number of nitrogens with one attached hydrogen (secondary N) is 3. The van der Waals surface area contributed by atoms with Gasteiger partial charge in [0.15, 0.2) is 5.82 Å². The van der Waals surface area contributed by atoms with Crippen molar-refractivity contribution in [1.82, 2.24) is 40.3 Å². The molecule has 0 bridgehead atoms. The molecule has 142 valence electrons. The van der Waals surface area contributed by atoms with Crippen molar-refractivity contribution in [2.45, 2.75) is 13.8 Å². The summed E-state index contributed by atoms with van der Waals surface area (Å²) in [6, 6.07) is 3.91. The van der Waals surface area contributed by atoms with Crippen LogP contribution in [0.5, 0.6) is 0 Å². The third-order valence-electron chi connectivity index (χ3n) is 4.80. The number of H-pyrrole nitrogens is 3. The molecule has 0 radical (unpaired) electrons. The second-order valence-electron chi connectivity index (χ2n) is 6.56. The Balaban J connectivity index is 1.68. The SMILES string of the molecule is C/C=C\C(=C/C)c1nccc2[nH]c(-c3n[nH]c4cnc(-c5cn[nH]c5)cc34)nc12. The molecule has 29 heavy (non-hydrogen) atoms. The van der Waals surface area contributed by atoms with Gasteiger partial charge < -0.3 is 4.98 Å². The molecule has 0 aliphatic rings. The number of fused-ring (bicyclic) bond motifs is 2. The molecule has 0 aliphatic carbocycles. The van der Waals surface area contributed by atoms with Crippen LogP contribution < -0.4 is 0 Å². The van der Waals surface area contributed by atoms with Gasteiger partial charge in [-0.05, 0) is 31.6 Å². The highest BCUT2D eigenvalue weighted by Crippen LogP contribution is 2.30. The van der Waals surface area contributed by atoms with Crippen molar-refractivity contribution in [1.29, 1.82) is 0 Å². The summed E-state index contributed by atoms with van der Waals surface area (Å²) in [5, 5.41) is 15.3. The van der Waals surface area contributed by atoms with Gasteiger partial charge in [0, 0.05) is 23.3 Å². The smallest absolute Gasteiger partial charge is 0.159 e. The Labute approximate surface area is 165 Å². The molecule has 8 nitrogen and oxygen atoms in total. The second-order valence-corrected chi connectivity index (χ2v) is 6.56. The number of hydrogen-bond donors (Lipinski definition) is 3. The van der Waals surface area contributed by atoms with Crippen LogP contribution in [-0.2, 0) is 0 Å². The van der Waals surface area contributed by atoms with Crippen molar-refractivity contribution in [3.63, 3.8) is 0 Å². The molecule has 0 saturated carbocycles. The van der Waals surface area contributed by atoms with Gasteiger partial charge in [-0.2, -0.15) is 10.2 Å². The number of imidazole rings is 1. The summed E-state index contributed by atoms with van der Waals surface area (Å²) in [7, 11) is 0. The summed E-state index contributed by atoms with van der Waals surface area (Å²) in [6.45, 7) is 3.98. The Morgan fingerprint density at radius 3 is 2.83 bits per heavy atom. The maximum absolute atomic E-state index is 4.83. The van der Waals surface area contributed by atoms with Gasteiger partial charge >= 0.3 is 0 Å². The number of nitrogens with zero attached hydrogens (tertiary/aromatic N) is 5. The highest BCUT2D eigenvalue weighted by Gasteiger charge is 2.16. The van der Waals surface area contributed by atoms with Crippen molar-refractivity contribution < 1.29 is 0 Å². The maximum atomic E-state index is 4.83. The Hall–Kier alpha value is -4.07. The third kappa shape index (κ3) is 2.82. The van der Waals surface area contributed by atoms with Crippen LogP contribution in [0.1, 0.15) is 19.5 Å². The third-order valence-corrected chi connectivity index (χ3v) is 4.80. The van der Waals surface area contributed by atoms with Crippen LogP contribution in [-0.4, -0.2) is 40.3 Å². The molecule has 5 rings (SSSR count). The first kappa shape index (κ1) is 17.1. The van der Waals surface area contributed by atoms with E-state index < -0.39 is 0 Å². The van der Waals surface area contributed by atoms with E-state index in [-0.39, 0.29) is 0 Å². The van der Waals surface area contributed by atoms with E-state index in [0.29, 0.717) is 5.82 Å². The summed E-state index contributed by atoms with van der Waals surface area (Å²) >= 11 is 0. The normalized spacial score (nSPS) is 12.6. The minimum atomic E-state index is 0.681. The van der Waals surface area contributed by atoms with Gasteiger partial charge in [0.05, 0.1) is 34.8 Å². The topological polar surface area (TPSA) is 112 Å². The average Bonchev–Trinajstić information content (AvgIpc) is 3.49. The zero-order chi connectivity index (χ0) is 19.8. The fourth-order valence-corrected chi connectivity index (χ4v) is 3.40. The van der Waals surface area contributed by atoms with Crippen molar-refractivity contribution in [3.05, 3.63) is 60.8 Å². The van der Waals surface area contributed by atoms with Gasteiger partial charge in [0.1, 0.15) is 11.2 Å². The number of aromatic nitrogens is 8. The van der Waals surface area contributed by atoms with E-state index in [2.05, 4.69) is 35.3 Å². The van der Waals surface area contributed by atoms with Gasteiger partial charge in [-0.3, -0.25) is 20.2 Å². The van der Waals surface area contributed by atoms with Crippen molar-refractivity contribution >= 4 is 27.5 Å². The van der Waals surface area contributed by atoms with Crippen LogP contribution >= 0.6 is 0 Å². The number of hydrogen-bond acceptors (Lipinski definition) is 5. The lowest BCUT2D eigenvalue weighted by Crippen LogP contribution is -1.89. The highest BCUT2D eigenvalue weighted by atomic mass is 15.1. The predicted octanol–water partition coefficient (Wildman–Crippen LogP) is 4.27. The molecule has 0 atom stereocenters. The van der Waals surface area contributed by atoms with Gasteiger partial charge in [-0.1, -0.05) is 18.2 Å². The molecule has 8 heteroatoms. The monoisotopic (exact) mass is 382 g/mol. The molecular formula is C21H18N8. The molecule has 5 aromatic heterocycles. The van der Waals surface area contributed by atoms with Crippen molar-refractivity contribution in [3.8, 4) is 22.8 Å². The summed E-state index contributed by atoms with van der Waals surface area (Å²) in [5.74, 6) is 0.681. The van der Waals surface area contributed by atoms with E-state index in [9.17, 15) is 0 Å². The summed E-state index contributed by atoms with van der Waals surface area (Å²) in [5.41, 5.74) is 6.90. The van der Waals surface area contributed by atoms with Crippen LogP contribution in [0.3, 0.4) is 0 Å². The minimum Gasteiger partial charge on any atom is -0.336 e. The molecule has 5 aromatic rings. The first-order valence-corrected chi connectivity index (χ1v) is 9.26. The Morgan fingerprint density at radius 2 is 2.03 bits per heavy atom. The number of allylic oxidation sites excluding steroid dienone is 4. The first-order chi connectivity index (χ1) is 14.3. The fraction of sp³-hybridized carbons (Fsp3) is 0.0952. The van der Waals surface area contributed by atoms with E-state index in [1.54, 1.807) is 18.6 Å². The van der Waals surface area contributed by atoms with E-state index in [1.165, 1.54) is 0 Å². The molecule has 0 aromatic carbocycles. The molecule has 5 heterocycles. The van der Waals surface area contributed by atoms with Gasteiger partial charge in [0.25, 0.3) is 0 Å². The lowest BCUT2D eigenvalue weighted by Gasteiger charge is -2.01. The Kier molecular flexibility index (Phi) is 4.02. The zero-order valence-electron chi connectivity index (χ0n) is 15.9. The summed E-state index contributed by atoms with van der Waals surface area (Å²) in [4.78, 5) is 17.2. The minimum absolute atomic E-state index is 0.681. The van der Waals surface area contributed by atoms with Crippen LogP contribution in [0.25, 0.3) is 50.3 Å². The quantitative estimate of drug-likeness (QED) is 0.402. The van der Waals surface area contributed by atoms with Crippen LogP contribution in [0.15, 0.2) is 55.1 Å². The molecule has 0 spiro atoms. The Morgan fingerprint density at radius 1 is 1.10 bits per heavy atom. The highest BCUT2D eigenvalue weighted by molar-refractivity contribution is 5.96. The van der Waals surface area contributed by atoms with Crippen LogP contribution in [0, 0.1) is 0 Å². The van der Waals surface area contributed by atoms with E-state index >= 15 is 0 Å². The van der Waals surface area contributed by atoms with Gasteiger partial charge in [-0.25, -0.2) is 4.98 Å². The van der Waals surface area contributed by atoms with Crippen LogP contribution in [0.4, 0.5) is 0 Å². The molecule has 0 saturated heterocycles. The number of pyridine rings is 2. The molecule has 0 amide bonds. The van der Waals surface area contributed by atoms with E-state index in [4.69, 9.17) is 4.98 Å². The van der Waals surface area contributed by atoms with Crippen molar-refractivity contribution in [2.24, 2.45) is 0 Å². The molecule has 0 fully saturated rings. The van der Waals surface area contributed by atoms with E-state index in [0.717, 1.165) is 50.2 Å². The molecule has 3 N–H and O–H groups in total. The second kappa shape index (κ2) is 6.83. The number of aromatic amines is 3. The average molecular weight is 382 g/mol. The van der Waals surface area contributed by atoms with Crippen molar-refractivity contribution in [2.75, 3.05) is 0 Å². The lowest BCUT2D eigenvalue weighted by molar-refractivity contribution is 1.09. The first-order valence-electron chi connectivity index (χ1n) is 9.26.